The minimum atomic E-state index is -4.59. The van der Waals surface area contributed by atoms with Crippen molar-refractivity contribution in [2.75, 3.05) is 18.5 Å². The van der Waals surface area contributed by atoms with Gasteiger partial charge in [-0.1, -0.05) is 27.5 Å². The minimum absolute atomic E-state index is 0.145. The number of anilines is 1. The molecule has 0 fully saturated rings. The normalized spacial score (nSPS) is 11.0. The average molecular weight is 404 g/mol. The van der Waals surface area contributed by atoms with Crippen LogP contribution in [0.2, 0.25) is 5.02 Å². The summed E-state index contributed by atoms with van der Waals surface area (Å²) in [4.78, 5) is 22.5. The number of ether oxygens (including phenoxy) is 1. The largest absolute Gasteiger partial charge is 0.440 e. The van der Waals surface area contributed by atoms with Gasteiger partial charge in [-0.2, -0.15) is 13.2 Å². The van der Waals surface area contributed by atoms with Gasteiger partial charge in [0.15, 0.2) is 6.61 Å². The van der Waals surface area contributed by atoms with Gasteiger partial charge in [0.05, 0.1) is 10.7 Å². The van der Waals surface area contributed by atoms with Crippen LogP contribution in [0, 0.1) is 0 Å². The van der Waals surface area contributed by atoms with Crippen molar-refractivity contribution in [1.82, 2.24) is 5.32 Å². The van der Waals surface area contributed by atoms with Gasteiger partial charge in [0.25, 0.3) is 0 Å². The van der Waals surface area contributed by atoms with E-state index < -0.39 is 24.8 Å². The van der Waals surface area contributed by atoms with Gasteiger partial charge in [-0.15, -0.1) is 0 Å². The van der Waals surface area contributed by atoms with Gasteiger partial charge in [-0.3, -0.25) is 4.79 Å². The molecule has 5 nitrogen and oxygen atoms in total. The molecule has 0 atom stereocenters. The Morgan fingerprint density at radius 1 is 1.32 bits per heavy atom. The average Bonchev–Trinajstić information content (AvgIpc) is 2.39. The van der Waals surface area contributed by atoms with E-state index in [-0.39, 0.29) is 13.0 Å². The van der Waals surface area contributed by atoms with Gasteiger partial charge >= 0.3 is 12.3 Å². The molecular weight excluding hydrogens is 392 g/mol. The number of hydrogen-bond acceptors (Lipinski definition) is 3. The second-order valence-corrected chi connectivity index (χ2v) is 5.36. The standard InChI is InChI=1S/C12H11BrClF3N2O3/c13-7-1-2-9(8(14)5-7)19-10(20)3-4-18-11(21)22-6-12(15,16)17/h1-2,5H,3-4,6H2,(H,18,21)(H,19,20). The predicted octanol–water partition coefficient (Wildman–Crippen LogP) is 3.72. The number of rotatable bonds is 5. The molecule has 0 radical (unpaired) electrons. The number of carbonyl (C=O) groups excluding carboxylic acids is 2. The van der Waals surface area contributed by atoms with Gasteiger partial charge in [0, 0.05) is 17.4 Å². The van der Waals surface area contributed by atoms with Crippen molar-refractivity contribution in [1.29, 1.82) is 0 Å². The van der Waals surface area contributed by atoms with E-state index in [0.717, 1.165) is 4.47 Å². The molecule has 0 aliphatic carbocycles. The molecule has 0 spiro atoms. The minimum Gasteiger partial charge on any atom is -0.440 e. The van der Waals surface area contributed by atoms with Crippen molar-refractivity contribution in [3.63, 3.8) is 0 Å². The van der Waals surface area contributed by atoms with Crippen LogP contribution in [0.15, 0.2) is 22.7 Å². The third-order valence-electron chi connectivity index (χ3n) is 2.19. The highest BCUT2D eigenvalue weighted by molar-refractivity contribution is 9.10. The summed E-state index contributed by atoms with van der Waals surface area (Å²) >= 11 is 9.11. The Labute approximate surface area is 137 Å². The van der Waals surface area contributed by atoms with Crippen LogP contribution in [0.1, 0.15) is 6.42 Å². The van der Waals surface area contributed by atoms with Crippen LogP contribution in [-0.4, -0.2) is 31.3 Å². The number of alkyl carbamates (subject to hydrolysis) is 1. The molecule has 0 saturated carbocycles. The van der Waals surface area contributed by atoms with Crippen LogP contribution in [0.25, 0.3) is 0 Å². The lowest BCUT2D eigenvalue weighted by molar-refractivity contribution is -0.160. The van der Waals surface area contributed by atoms with Gasteiger partial charge < -0.3 is 15.4 Å². The first-order valence-electron chi connectivity index (χ1n) is 5.89. The quantitative estimate of drug-likeness (QED) is 0.787. The summed E-state index contributed by atoms with van der Waals surface area (Å²) in [5.41, 5.74) is 0.384. The van der Waals surface area contributed by atoms with E-state index in [0.29, 0.717) is 10.7 Å². The lowest BCUT2D eigenvalue weighted by Crippen LogP contribution is -2.31. The fourth-order valence-corrected chi connectivity index (χ4v) is 2.00. The van der Waals surface area contributed by atoms with Crippen LogP contribution in [-0.2, 0) is 9.53 Å². The molecular formula is C12H11BrClF3N2O3. The molecule has 0 bridgehead atoms. The summed E-state index contributed by atoms with van der Waals surface area (Å²) in [5.74, 6) is -0.458. The summed E-state index contributed by atoms with van der Waals surface area (Å²) in [6.45, 7) is -1.85. The predicted molar refractivity (Wildman–Crippen MR) is 77.8 cm³/mol. The maximum Gasteiger partial charge on any atom is 0.422 e. The third kappa shape index (κ3) is 7.51. The summed E-state index contributed by atoms with van der Waals surface area (Å²) in [7, 11) is 0. The molecule has 10 heteroatoms. The fraction of sp³-hybridized carbons (Fsp3) is 0.333. The van der Waals surface area contributed by atoms with E-state index in [4.69, 9.17) is 11.6 Å². The van der Waals surface area contributed by atoms with Crippen molar-refractivity contribution < 1.29 is 27.5 Å². The zero-order chi connectivity index (χ0) is 16.8. The summed E-state index contributed by atoms with van der Waals surface area (Å²) in [6, 6.07) is 4.84. The summed E-state index contributed by atoms with van der Waals surface area (Å²) in [6.07, 6.45) is -5.98. The second kappa shape index (κ2) is 8.23. The molecule has 0 aliphatic rings. The molecule has 1 aromatic rings. The van der Waals surface area contributed by atoms with Crippen LogP contribution < -0.4 is 10.6 Å². The number of carbonyl (C=O) groups is 2. The first-order chi connectivity index (χ1) is 10.2. The molecule has 0 saturated heterocycles. The van der Waals surface area contributed by atoms with Gasteiger partial charge in [0.2, 0.25) is 5.91 Å². The number of benzene rings is 1. The monoisotopic (exact) mass is 402 g/mol. The molecule has 0 heterocycles. The van der Waals surface area contributed by atoms with E-state index >= 15 is 0 Å². The Morgan fingerprint density at radius 2 is 2.00 bits per heavy atom. The van der Waals surface area contributed by atoms with E-state index in [1.807, 2.05) is 5.32 Å². The smallest absolute Gasteiger partial charge is 0.422 e. The van der Waals surface area contributed by atoms with Gasteiger partial charge in [-0.25, -0.2) is 4.79 Å². The summed E-state index contributed by atoms with van der Waals surface area (Å²) in [5, 5.41) is 4.86. The zero-order valence-electron chi connectivity index (χ0n) is 11.0. The van der Waals surface area contributed by atoms with Gasteiger partial charge in [-0.05, 0) is 18.2 Å². The molecule has 0 aliphatic heterocycles. The maximum atomic E-state index is 11.8. The van der Waals surface area contributed by atoms with Crippen LogP contribution >= 0.6 is 27.5 Å². The molecule has 1 aromatic carbocycles. The van der Waals surface area contributed by atoms with Crippen molar-refractivity contribution in [2.24, 2.45) is 0 Å². The second-order valence-electron chi connectivity index (χ2n) is 4.04. The van der Waals surface area contributed by atoms with Crippen molar-refractivity contribution in [2.45, 2.75) is 12.6 Å². The first kappa shape index (κ1) is 18.6. The fourth-order valence-electron chi connectivity index (χ4n) is 1.28. The van der Waals surface area contributed by atoms with Crippen LogP contribution in [0.5, 0.6) is 0 Å². The highest BCUT2D eigenvalue weighted by Gasteiger charge is 2.29. The molecule has 122 valence electrons. The Bertz CT molecular complexity index is 555. The molecule has 0 unspecified atom stereocenters. The van der Waals surface area contributed by atoms with Crippen LogP contribution in [0.4, 0.5) is 23.7 Å². The van der Waals surface area contributed by atoms with Gasteiger partial charge in [0.1, 0.15) is 0 Å². The first-order valence-corrected chi connectivity index (χ1v) is 7.07. The number of amides is 2. The lowest BCUT2D eigenvalue weighted by Gasteiger charge is -2.10. The van der Waals surface area contributed by atoms with E-state index in [2.05, 4.69) is 26.0 Å². The number of halogens is 5. The Kier molecular flexibility index (Phi) is 6.95. The van der Waals surface area contributed by atoms with Crippen LogP contribution in [0.3, 0.4) is 0 Å². The van der Waals surface area contributed by atoms with E-state index in [1.54, 1.807) is 18.2 Å². The topological polar surface area (TPSA) is 67.4 Å². The Morgan fingerprint density at radius 3 is 2.59 bits per heavy atom. The highest BCUT2D eigenvalue weighted by atomic mass is 79.9. The SMILES string of the molecule is O=C(CCNC(=O)OCC(F)(F)F)Nc1ccc(Br)cc1Cl. The lowest BCUT2D eigenvalue weighted by atomic mass is 10.3. The molecule has 22 heavy (non-hydrogen) atoms. The molecule has 0 aromatic heterocycles. The highest BCUT2D eigenvalue weighted by Crippen LogP contribution is 2.25. The molecule has 1 rings (SSSR count). The van der Waals surface area contributed by atoms with Crippen molar-refractivity contribution >= 4 is 45.2 Å². The molecule has 2 N–H and O–H groups in total. The maximum absolute atomic E-state index is 11.8. The summed E-state index contributed by atoms with van der Waals surface area (Å²) < 4.78 is 40.0. The van der Waals surface area contributed by atoms with E-state index in [9.17, 15) is 22.8 Å². The number of nitrogens with one attached hydrogen (secondary N) is 2. The zero-order valence-corrected chi connectivity index (χ0v) is 13.3. The Hall–Kier alpha value is -1.48. The van der Waals surface area contributed by atoms with E-state index in [1.165, 1.54) is 0 Å². The Balaban J connectivity index is 2.30. The van der Waals surface area contributed by atoms with Crippen molar-refractivity contribution in [3.8, 4) is 0 Å². The van der Waals surface area contributed by atoms with Crippen molar-refractivity contribution in [3.05, 3.63) is 27.7 Å². The number of hydrogen-bond donors (Lipinski definition) is 2. The molecule has 2 amide bonds. The third-order valence-corrected chi connectivity index (χ3v) is 3.00. The number of alkyl halides is 3.